The fourth-order valence-electron chi connectivity index (χ4n) is 4.43. The molecule has 2 amide bonds. The predicted octanol–water partition coefficient (Wildman–Crippen LogP) is 3.22. The van der Waals surface area contributed by atoms with E-state index in [-0.39, 0.29) is 17.9 Å². The molecule has 0 N–H and O–H groups in total. The van der Waals surface area contributed by atoms with Gasteiger partial charge in [-0.05, 0) is 65.0 Å². The van der Waals surface area contributed by atoms with Gasteiger partial charge in [-0.3, -0.25) is 14.1 Å². The molecule has 30 heavy (non-hydrogen) atoms. The Labute approximate surface area is 177 Å². The average Bonchev–Trinajstić information content (AvgIpc) is 3.16. The third-order valence-electron chi connectivity index (χ3n) is 5.93. The molecule has 0 radical (unpaired) electrons. The summed E-state index contributed by atoms with van der Waals surface area (Å²) in [5.41, 5.74) is 0.280. The van der Waals surface area contributed by atoms with Crippen molar-refractivity contribution in [2.24, 2.45) is 0 Å². The zero-order valence-electron chi connectivity index (χ0n) is 18.1. The number of likely N-dealkylation sites (tertiary alicyclic amines) is 2. The van der Waals surface area contributed by atoms with Gasteiger partial charge in [-0.1, -0.05) is 6.07 Å². The average molecular weight is 414 g/mol. The van der Waals surface area contributed by atoms with Crippen molar-refractivity contribution in [3.63, 3.8) is 0 Å². The molecule has 2 aromatic rings. The van der Waals surface area contributed by atoms with Crippen LogP contribution < -0.4 is 0 Å². The number of aromatic nitrogens is 3. The number of carbonyl (C=O) groups excluding carboxylic acids is 2. The molecule has 2 fully saturated rings. The summed E-state index contributed by atoms with van der Waals surface area (Å²) in [5, 5.41) is 8.64. The summed E-state index contributed by atoms with van der Waals surface area (Å²) in [5.74, 6) is 1.29. The van der Waals surface area contributed by atoms with Crippen molar-refractivity contribution in [1.29, 1.82) is 0 Å². The van der Waals surface area contributed by atoms with Crippen LogP contribution in [-0.2, 0) is 9.53 Å². The van der Waals surface area contributed by atoms with E-state index in [4.69, 9.17) is 4.74 Å². The van der Waals surface area contributed by atoms with Crippen molar-refractivity contribution in [3.05, 3.63) is 30.2 Å². The number of amides is 2. The van der Waals surface area contributed by atoms with Gasteiger partial charge in [-0.25, -0.2) is 4.79 Å². The highest BCUT2D eigenvalue weighted by Gasteiger charge is 2.38. The Morgan fingerprint density at radius 2 is 1.80 bits per heavy atom. The molecule has 0 saturated carbocycles. The molecule has 0 bridgehead atoms. The van der Waals surface area contributed by atoms with Crippen LogP contribution in [0.3, 0.4) is 0 Å². The molecule has 8 nitrogen and oxygen atoms in total. The Morgan fingerprint density at radius 3 is 2.53 bits per heavy atom. The first-order valence-corrected chi connectivity index (χ1v) is 10.9. The Bertz CT molecular complexity index is 911. The van der Waals surface area contributed by atoms with Crippen molar-refractivity contribution in [1.82, 2.24) is 24.4 Å². The zero-order valence-corrected chi connectivity index (χ0v) is 18.1. The van der Waals surface area contributed by atoms with E-state index in [9.17, 15) is 9.59 Å². The highest BCUT2D eigenvalue weighted by atomic mass is 16.6. The lowest BCUT2D eigenvalue weighted by atomic mass is 9.94. The van der Waals surface area contributed by atoms with E-state index in [1.165, 1.54) is 0 Å². The van der Waals surface area contributed by atoms with Gasteiger partial charge in [0.25, 0.3) is 0 Å². The lowest BCUT2D eigenvalue weighted by molar-refractivity contribution is -0.139. The summed E-state index contributed by atoms with van der Waals surface area (Å²) in [6.45, 7) is 7.47. The lowest BCUT2D eigenvalue weighted by Crippen LogP contribution is -2.55. The van der Waals surface area contributed by atoms with Crippen molar-refractivity contribution < 1.29 is 14.3 Å². The molecule has 4 rings (SSSR count). The van der Waals surface area contributed by atoms with Gasteiger partial charge in [0.15, 0.2) is 5.65 Å². The molecule has 0 spiro atoms. The highest BCUT2D eigenvalue weighted by Crippen LogP contribution is 2.29. The normalized spacial score (nSPS) is 21.1. The molecule has 4 heterocycles. The molecule has 0 aromatic carbocycles. The number of ether oxygens (including phenoxy) is 1. The first kappa shape index (κ1) is 20.6. The molecular formula is C22H31N5O3. The van der Waals surface area contributed by atoms with Crippen LogP contribution in [0.25, 0.3) is 5.65 Å². The maximum absolute atomic E-state index is 13.3. The highest BCUT2D eigenvalue weighted by molar-refractivity contribution is 5.86. The Balaban J connectivity index is 1.41. The fraction of sp³-hybridized carbons (Fsp3) is 0.636. The van der Waals surface area contributed by atoms with E-state index in [0.29, 0.717) is 26.1 Å². The number of pyridine rings is 1. The van der Waals surface area contributed by atoms with E-state index in [1.807, 2.05) is 54.5 Å². The quantitative estimate of drug-likeness (QED) is 0.755. The van der Waals surface area contributed by atoms with Crippen LogP contribution in [0.1, 0.15) is 64.6 Å². The molecule has 2 aromatic heterocycles. The molecule has 2 aliphatic heterocycles. The van der Waals surface area contributed by atoms with Crippen LogP contribution >= 0.6 is 0 Å². The topological polar surface area (TPSA) is 80.0 Å². The van der Waals surface area contributed by atoms with Crippen LogP contribution in [0.2, 0.25) is 0 Å². The maximum atomic E-state index is 13.3. The molecule has 1 atom stereocenters. The standard InChI is InChI=1S/C22H31N5O3/c1-22(2,3)30-21(29)26-12-6-4-8-17(26)20(28)25-14-10-16(11-15-25)19-24-23-18-9-5-7-13-27(18)19/h5,7,9,13,16-17H,4,6,8,10-12,14-15H2,1-3H3. The Kier molecular flexibility index (Phi) is 5.66. The lowest BCUT2D eigenvalue weighted by Gasteiger charge is -2.40. The fourth-order valence-corrected chi connectivity index (χ4v) is 4.43. The number of hydrogen-bond acceptors (Lipinski definition) is 5. The summed E-state index contributed by atoms with van der Waals surface area (Å²) in [6.07, 6.45) is 5.87. The summed E-state index contributed by atoms with van der Waals surface area (Å²) in [7, 11) is 0. The van der Waals surface area contributed by atoms with Crippen molar-refractivity contribution in [3.8, 4) is 0 Å². The van der Waals surface area contributed by atoms with Gasteiger partial charge in [0.1, 0.15) is 17.5 Å². The number of nitrogens with zero attached hydrogens (tertiary/aromatic N) is 5. The largest absolute Gasteiger partial charge is 0.444 e. The predicted molar refractivity (Wildman–Crippen MR) is 112 cm³/mol. The van der Waals surface area contributed by atoms with Gasteiger partial charge in [-0.2, -0.15) is 0 Å². The Morgan fingerprint density at radius 1 is 1.03 bits per heavy atom. The number of piperidine rings is 2. The molecule has 1 unspecified atom stereocenters. The van der Waals surface area contributed by atoms with Crippen LogP contribution in [0, 0.1) is 0 Å². The maximum Gasteiger partial charge on any atom is 0.410 e. The first-order valence-electron chi connectivity index (χ1n) is 10.9. The first-order chi connectivity index (χ1) is 14.3. The number of hydrogen-bond donors (Lipinski definition) is 0. The summed E-state index contributed by atoms with van der Waals surface area (Å²) in [6, 6.07) is 5.46. The molecule has 0 aliphatic carbocycles. The Hall–Kier alpha value is -2.64. The van der Waals surface area contributed by atoms with Crippen molar-refractivity contribution in [2.75, 3.05) is 19.6 Å². The number of carbonyl (C=O) groups is 2. The van der Waals surface area contributed by atoms with E-state index in [2.05, 4.69) is 10.2 Å². The smallest absolute Gasteiger partial charge is 0.410 e. The van der Waals surface area contributed by atoms with E-state index >= 15 is 0 Å². The van der Waals surface area contributed by atoms with Gasteiger partial charge in [0.2, 0.25) is 5.91 Å². The van der Waals surface area contributed by atoms with Crippen LogP contribution in [0.5, 0.6) is 0 Å². The summed E-state index contributed by atoms with van der Waals surface area (Å²) >= 11 is 0. The third kappa shape index (κ3) is 4.27. The van der Waals surface area contributed by atoms with Gasteiger partial charge in [-0.15, -0.1) is 10.2 Å². The van der Waals surface area contributed by atoms with E-state index < -0.39 is 11.6 Å². The van der Waals surface area contributed by atoms with Gasteiger partial charge >= 0.3 is 6.09 Å². The molecule has 8 heteroatoms. The molecule has 2 saturated heterocycles. The van der Waals surface area contributed by atoms with Gasteiger partial charge in [0.05, 0.1) is 0 Å². The van der Waals surface area contributed by atoms with Crippen LogP contribution in [0.4, 0.5) is 4.79 Å². The van der Waals surface area contributed by atoms with Crippen molar-refractivity contribution >= 4 is 17.6 Å². The monoisotopic (exact) mass is 413 g/mol. The number of rotatable bonds is 2. The second-order valence-electron chi connectivity index (χ2n) is 9.27. The molecule has 2 aliphatic rings. The van der Waals surface area contributed by atoms with E-state index in [1.54, 1.807) is 4.90 Å². The second kappa shape index (κ2) is 8.24. The van der Waals surface area contributed by atoms with Gasteiger partial charge in [0, 0.05) is 31.7 Å². The number of fused-ring (bicyclic) bond motifs is 1. The SMILES string of the molecule is CC(C)(C)OC(=O)N1CCCCC1C(=O)N1CCC(c2nnc3ccccn23)CC1. The van der Waals surface area contributed by atoms with Crippen LogP contribution in [0.15, 0.2) is 24.4 Å². The summed E-state index contributed by atoms with van der Waals surface area (Å²) < 4.78 is 7.59. The second-order valence-corrected chi connectivity index (χ2v) is 9.27. The minimum absolute atomic E-state index is 0.0464. The van der Waals surface area contributed by atoms with Gasteiger partial charge < -0.3 is 9.64 Å². The third-order valence-corrected chi connectivity index (χ3v) is 5.93. The minimum atomic E-state index is -0.568. The molecule has 162 valence electrons. The van der Waals surface area contributed by atoms with Crippen molar-refractivity contribution in [2.45, 2.75) is 70.4 Å². The van der Waals surface area contributed by atoms with Crippen LogP contribution in [-0.4, -0.2) is 67.7 Å². The minimum Gasteiger partial charge on any atom is -0.444 e. The summed E-state index contributed by atoms with van der Waals surface area (Å²) in [4.78, 5) is 29.5. The van der Waals surface area contributed by atoms with E-state index in [0.717, 1.165) is 37.2 Å². The zero-order chi connectivity index (χ0) is 21.3. The molecular weight excluding hydrogens is 382 g/mol.